The minimum absolute atomic E-state index is 0. The molecule has 0 aliphatic carbocycles. The smallest absolute Gasteiger partial charge is 0.257 e. The SMILES string of the molecule is Cc1ccc(-c2nc(C(F)(F)F)n[nH]2)nc1.[Cu+].[O-][Cl+3]([O-])([O-])[O-].c1ccc([PH+](c2ccccc2)c2ccccc2)cc1.c1ccc([PH+](c2ccccc2)c2ccccc2)cc1. The molecule has 1 N–H and O–H groups in total. The van der Waals surface area contributed by atoms with E-state index in [-0.39, 0.29) is 22.9 Å². The summed E-state index contributed by atoms with van der Waals surface area (Å²) in [6.07, 6.45) is -3.00. The van der Waals surface area contributed by atoms with E-state index in [1.165, 1.54) is 31.8 Å². The molecule has 0 saturated heterocycles. The third kappa shape index (κ3) is 15.5. The zero-order valence-electron chi connectivity index (χ0n) is 31.8. The van der Waals surface area contributed by atoms with E-state index in [0.29, 0.717) is 5.69 Å². The monoisotopic (exact) mass is 916 g/mol. The summed E-state index contributed by atoms with van der Waals surface area (Å²) in [6, 6.07) is 68.3. The maximum atomic E-state index is 12.2. The Hall–Kier alpha value is -5.09. The number of H-pyrrole nitrogens is 1. The number of benzene rings is 6. The van der Waals surface area contributed by atoms with Gasteiger partial charge in [-0.05, 0) is 91.3 Å². The van der Waals surface area contributed by atoms with Gasteiger partial charge in [-0.3, -0.25) is 10.1 Å². The summed E-state index contributed by atoms with van der Waals surface area (Å²) in [5, 5.41) is 13.9. The predicted octanol–water partition coefficient (Wildman–Crippen LogP) is 3.79. The molecule has 2 aromatic heterocycles. The molecule has 0 bridgehead atoms. The number of hydrogen-bond donors (Lipinski definition) is 1. The van der Waals surface area contributed by atoms with Crippen LogP contribution in [0, 0.1) is 17.2 Å². The zero-order chi connectivity index (χ0) is 42.1. The summed E-state index contributed by atoms with van der Waals surface area (Å²) >= 11 is 0. The van der Waals surface area contributed by atoms with E-state index in [9.17, 15) is 13.2 Å². The van der Waals surface area contributed by atoms with E-state index in [4.69, 9.17) is 18.6 Å². The fourth-order valence-electron chi connectivity index (χ4n) is 5.74. The van der Waals surface area contributed by atoms with Crippen LogP contribution in [0.2, 0.25) is 0 Å². The molecule has 15 heteroatoms. The summed E-state index contributed by atoms with van der Waals surface area (Å²) in [4.78, 5) is 7.27. The molecule has 0 unspecified atom stereocenters. The molecule has 0 spiro atoms. The van der Waals surface area contributed by atoms with Crippen LogP contribution in [0.15, 0.2) is 200 Å². The Morgan fingerprint density at radius 2 is 0.767 bits per heavy atom. The normalized spacial score (nSPS) is 10.8. The van der Waals surface area contributed by atoms with Crippen LogP contribution in [0.1, 0.15) is 11.4 Å². The molecule has 0 amide bonds. The number of aromatic nitrogens is 4. The first kappa shape index (κ1) is 47.6. The fourth-order valence-corrected chi connectivity index (χ4v) is 10.9. The summed E-state index contributed by atoms with van der Waals surface area (Å²) < 4.78 is 70.6. The average Bonchev–Trinajstić information content (AvgIpc) is 3.76. The van der Waals surface area contributed by atoms with Gasteiger partial charge in [0.2, 0.25) is 0 Å². The van der Waals surface area contributed by atoms with E-state index in [1.54, 1.807) is 18.3 Å². The van der Waals surface area contributed by atoms with E-state index in [2.05, 4.69) is 202 Å². The topological polar surface area (TPSA) is 147 Å². The molecular weight excluding hydrogens is 878 g/mol. The first-order valence-corrected chi connectivity index (χ1v) is 22.2. The van der Waals surface area contributed by atoms with Gasteiger partial charge >= 0.3 is 23.2 Å². The third-order valence-electron chi connectivity index (χ3n) is 8.27. The second-order valence-corrected chi connectivity index (χ2v) is 18.3. The first-order valence-electron chi connectivity index (χ1n) is 18.0. The minimum Gasteiger partial charge on any atom is -0.257 e. The molecule has 0 fully saturated rings. The quantitative estimate of drug-likeness (QED) is 0.189. The molecule has 2 heterocycles. The number of nitrogens with zero attached hydrogens (tertiary/aromatic N) is 3. The largest absolute Gasteiger partial charge is 1.00 e. The average molecular weight is 918 g/mol. The van der Waals surface area contributed by atoms with E-state index in [1.807, 2.05) is 6.92 Å². The summed E-state index contributed by atoms with van der Waals surface area (Å²) in [6.45, 7) is 1.83. The number of nitrogens with one attached hydrogen (secondary N) is 1. The number of aryl methyl sites for hydroxylation is 1. The van der Waals surface area contributed by atoms with Gasteiger partial charge in [-0.25, -0.2) is 23.6 Å². The van der Waals surface area contributed by atoms with Crippen LogP contribution in [0.4, 0.5) is 13.2 Å². The van der Waals surface area contributed by atoms with Crippen molar-refractivity contribution in [3.8, 4) is 11.5 Å². The standard InChI is InChI=1S/2C18H15P.C9H7F3N4.ClHO4.Cu/c2*1-4-10-16(11-5-1)19(17-12-6-2-7-13-17)18-14-8-3-9-15-18;1-5-2-3-6(13-4-5)7-14-8(16-15-7)9(10,11)12;2-1(3,4)5;/h2*1-15H;2-4H,1H3,(H,14,15,16);(H,2,3,4,5);/q;;;;+1/p+1. The Morgan fingerprint density at radius 1 is 0.483 bits per heavy atom. The molecule has 8 nitrogen and oxygen atoms in total. The molecular formula is C45H39ClCuF3N4O4P2+2. The Kier molecular flexibility index (Phi) is 18.7. The molecule has 60 heavy (non-hydrogen) atoms. The van der Waals surface area contributed by atoms with Gasteiger partial charge in [0.05, 0.1) is 15.8 Å². The van der Waals surface area contributed by atoms with Gasteiger partial charge in [-0.2, -0.15) is 13.2 Å². The Bertz CT molecular complexity index is 2080. The molecule has 0 saturated carbocycles. The molecule has 0 aliphatic heterocycles. The van der Waals surface area contributed by atoms with Gasteiger partial charge in [0.1, 0.15) is 37.5 Å². The van der Waals surface area contributed by atoms with Crippen LogP contribution in [0.3, 0.4) is 0 Å². The molecule has 310 valence electrons. The number of aromatic amines is 1. The zero-order valence-corrected chi connectivity index (χ0v) is 35.5. The van der Waals surface area contributed by atoms with Crippen molar-refractivity contribution in [1.29, 1.82) is 0 Å². The van der Waals surface area contributed by atoms with E-state index >= 15 is 0 Å². The number of pyridine rings is 1. The fraction of sp³-hybridized carbons (Fsp3) is 0.0444. The van der Waals surface area contributed by atoms with Crippen molar-refractivity contribution < 1.29 is 59.1 Å². The first-order chi connectivity index (χ1) is 28.4. The summed E-state index contributed by atoms with van der Waals surface area (Å²) in [7, 11) is -6.70. The molecule has 0 aliphatic rings. The Morgan fingerprint density at radius 3 is 0.983 bits per heavy atom. The van der Waals surface area contributed by atoms with Crippen molar-refractivity contribution in [1.82, 2.24) is 20.2 Å². The van der Waals surface area contributed by atoms with Crippen molar-refractivity contribution in [2.75, 3.05) is 0 Å². The van der Waals surface area contributed by atoms with Crippen molar-refractivity contribution in [2.24, 2.45) is 0 Å². The van der Waals surface area contributed by atoms with Gasteiger partial charge in [0, 0.05) is 6.20 Å². The number of rotatable bonds is 7. The molecule has 8 rings (SSSR count). The van der Waals surface area contributed by atoms with E-state index in [0.717, 1.165) is 5.56 Å². The van der Waals surface area contributed by atoms with Gasteiger partial charge in [0.15, 0.2) is 5.82 Å². The van der Waals surface area contributed by atoms with Crippen molar-refractivity contribution in [2.45, 2.75) is 13.1 Å². The Labute approximate surface area is 361 Å². The maximum Gasteiger partial charge on any atom is 1.00 e. The van der Waals surface area contributed by atoms with Gasteiger partial charge < -0.3 is 0 Å². The van der Waals surface area contributed by atoms with Crippen molar-refractivity contribution in [3.05, 3.63) is 212 Å². The third-order valence-corrected chi connectivity index (χ3v) is 13.7. The minimum atomic E-state index is -4.94. The van der Waals surface area contributed by atoms with Crippen LogP contribution in [-0.2, 0) is 23.2 Å². The van der Waals surface area contributed by atoms with Crippen molar-refractivity contribution in [3.63, 3.8) is 0 Å². The van der Waals surface area contributed by atoms with Gasteiger partial charge in [-0.1, -0.05) is 115 Å². The van der Waals surface area contributed by atoms with Crippen LogP contribution in [0.5, 0.6) is 0 Å². The summed E-state index contributed by atoms with van der Waals surface area (Å²) in [5.41, 5.74) is 1.24. The Balaban J connectivity index is 0.000000187. The van der Waals surface area contributed by atoms with E-state index < -0.39 is 38.1 Å². The molecule has 8 aromatic rings. The molecule has 0 radical (unpaired) electrons. The second-order valence-electron chi connectivity index (χ2n) is 12.6. The number of halogens is 4. The van der Waals surface area contributed by atoms with Crippen LogP contribution in [0.25, 0.3) is 11.5 Å². The van der Waals surface area contributed by atoms with Crippen LogP contribution in [-0.4, -0.2) is 20.2 Å². The molecule has 6 aromatic carbocycles. The van der Waals surface area contributed by atoms with Crippen LogP contribution >= 0.6 is 15.8 Å². The van der Waals surface area contributed by atoms with Gasteiger partial charge in [0.25, 0.3) is 5.82 Å². The summed E-state index contributed by atoms with van der Waals surface area (Å²) in [5.74, 6) is -1.18. The van der Waals surface area contributed by atoms with Crippen LogP contribution < -0.4 is 50.5 Å². The maximum absolute atomic E-state index is 12.2. The number of hydrogen-bond acceptors (Lipinski definition) is 7. The van der Waals surface area contributed by atoms with Crippen molar-refractivity contribution >= 4 is 47.7 Å². The number of alkyl halides is 3. The second kappa shape index (κ2) is 23.6. The molecule has 0 atom stereocenters. The predicted molar refractivity (Wildman–Crippen MR) is 222 cm³/mol. The van der Waals surface area contributed by atoms with Gasteiger partial charge in [-0.15, -0.1) is 15.3 Å².